The van der Waals surface area contributed by atoms with Gasteiger partial charge in [0.1, 0.15) is 0 Å². The zero-order valence-electron chi connectivity index (χ0n) is 16.3. The molecule has 2 aliphatic heterocycles. The Morgan fingerprint density at radius 2 is 1.81 bits per heavy atom. The van der Waals surface area contributed by atoms with Crippen LogP contribution in [0.15, 0.2) is 4.99 Å². The van der Waals surface area contributed by atoms with Gasteiger partial charge in [-0.15, -0.1) is 24.0 Å². The molecule has 0 amide bonds. The van der Waals surface area contributed by atoms with Crippen LogP contribution >= 0.6 is 24.0 Å². The normalized spacial score (nSPS) is 27.4. The van der Waals surface area contributed by atoms with E-state index in [1.165, 1.54) is 44.9 Å². The highest BCUT2D eigenvalue weighted by Gasteiger charge is 2.38. The zero-order chi connectivity index (χ0) is 17.4. The number of halogens is 1. The third kappa shape index (κ3) is 6.21. The molecule has 3 fully saturated rings. The van der Waals surface area contributed by atoms with E-state index in [4.69, 9.17) is 9.47 Å². The Hall–Kier alpha value is -0.120. The molecule has 0 bridgehead atoms. The second-order valence-corrected chi connectivity index (χ2v) is 7.68. The molecular formula is C19H37IN4O2. The first-order valence-electron chi connectivity index (χ1n) is 10.2. The molecule has 6 nitrogen and oxygen atoms in total. The largest absolute Gasteiger partial charge is 0.379 e. The molecule has 2 N–H and O–H groups in total. The molecule has 0 aromatic carbocycles. The molecule has 1 aliphatic carbocycles. The SMILES string of the molecule is CN=C(NCC1CCCCO1)NCC1(N2CCOCC2)CCCCC1.I. The number of rotatable bonds is 5. The Kier molecular flexibility index (Phi) is 9.94. The Morgan fingerprint density at radius 1 is 1.04 bits per heavy atom. The lowest BCUT2D eigenvalue weighted by atomic mass is 9.80. The monoisotopic (exact) mass is 480 g/mol. The minimum atomic E-state index is 0. The number of guanidine groups is 1. The van der Waals surface area contributed by atoms with Crippen molar-refractivity contribution in [2.24, 2.45) is 4.99 Å². The lowest BCUT2D eigenvalue weighted by Gasteiger charge is -2.48. The van der Waals surface area contributed by atoms with E-state index in [1.54, 1.807) is 0 Å². The van der Waals surface area contributed by atoms with Crippen molar-refractivity contribution < 1.29 is 9.47 Å². The summed E-state index contributed by atoms with van der Waals surface area (Å²) in [6, 6.07) is 0. The van der Waals surface area contributed by atoms with Gasteiger partial charge in [0.2, 0.25) is 0 Å². The lowest BCUT2D eigenvalue weighted by molar-refractivity contribution is -0.0353. The molecule has 3 rings (SSSR count). The molecule has 0 spiro atoms. The van der Waals surface area contributed by atoms with E-state index in [9.17, 15) is 0 Å². The summed E-state index contributed by atoms with van der Waals surface area (Å²) in [6.45, 7) is 6.58. The van der Waals surface area contributed by atoms with Crippen molar-refractivity contribution in [1.29, 1.82) is 0 Å². The molecule has 2 saturated heterocycles. The molecule has 152 valence electrons. The van der Waals surface area contributed by atoms with Crippen LogP contribution in [0.2, 0.25) is 0 Å². The van der Waals surface area contributed by atoms with E-state index in [-0.39, 0.29) is 29.5 Å². The molecule has 2 heterocycles. The predicted molar refractivity (Wildman–Crippen MR) is 117 cm³/mol. The van der Waals surface area contributed by atoms with Gasteiger partial charge < -0.3 is 20.1 Å². The van der Waals surface area contributed by atoms with Crippen LogP contribution in [0.1, 0.15) is 51.4 Å². The summed E-state index contributed by atoms with van der Waals surface area (Å²) in [6.07, 6.45) is 10.6. The average molecular weight is 480 g/mol. The number of aliphatic imine (C=N–C) groups is 1. The molecule has 0 aromatic rings. The van der Waals surface area contributed by atoms with Crippen molar-refractivity contribution in [3.05, 3.63) is 0 Å². The quantitative estimate of drug-likeness (QED) is 0.360. The van der Waals surface area contributed by atoms with Crippen molar-refractivity contribution in [3.8, 4) is 0 Å². The Labute approximate surface area is 175 Å². The van der Waals surface area contributed by atoms with E-state index in [1.807, 2.05) is 7.05 Å². The summed E-state index contributed by atoms with van der Waals surface area (Å²) in [5, 5.41) is 7.09. The van der Waals surface area contributed by atoms with E-state index in [2.05, 4.69) is 20.5 Å². The fourth-order valence-corrected chi connectivity index (χ4v) is 4.50. The van der Waals surface area contributed by atoms with Crippen molar-refractivity contribution >= 4 is 29.9 Å². The molecule has 1 saturated carbocycles. The van der Waals surface area contributed by atoms with E-state index >= 15 is 0 Å². The second-order valence-electron chi connectivity index (χ2n) is 7.68. The number of hydrogen-bond acceptors (Lipinski definition) is 4. The van der Waals surface area contributed by atoms with Crippen LogP contribution in [0.3, 0.4) is 0 Å². The van der Waals surface area contributed by atoms with Gasteiger partial charge in [0.05, 0.1) is 19.3 Å². The third-order valence-corrected chi connectivity index (χ3v) is 6.05. The molecule has 1 unspecified atom stereocenters. The van der Waals surface area contributed by atoms with Crippen molar-refractivity contribution in [3.63, 3.8) is 0 Å². The van der Waals surface area contributed by atoms with Crippen molar-refractivity contribution in [2.45, 2.75) is 63.0 Å². The predicted octanol–water partition coefficient (Wildman–Crippen LogP) is 2.37. The summed E-state index contributed by atoms with van der Waals surface area (Å²) in [5.41, 5.74) is 0.265. The molecule has 1 atom stereocenters. The molecular weight excluding hydrogens is 443 g/mol. The van der Waals surface area contributed by atoms with Crippen LogP contribution in [-0.4, -0.2) is 75.5 Å². The number of nitrogens with zero attached hydrogens (tertiary/aromatic N) is 2. The van der Waals surface area contributed by atoms with Crippen molar-refractivity contribution in [2.75, 3.05) is 53.0 Å². The Balaban J connectivity index is 0.00000243. The Morgan fingerprint density at radius 3 is 2.46 bits per heavy atom. The lowest BCUT2D eigenvalue weighted by Crippen LogP contribution is -2.60. The van der Waals surface area contributed by atoms with Crippen LogP contribution in [-0.2, 0) is 9.47 Å². The minimum Gasteiger partial charge on any atom is -0.379 e. The molecule has 3 aliphatic rings. The molecule has 0 radical (unpaired) electrons. The van der Waals surface area contributed by atoms with Gasteiger partial charge in [0, 0.05) is 45.4 Å². The minimum absolute atomic E-state index is 0. The highest BCUT2D eigenvalue weighted by atomic mass is 127. The first kappa shape index (κ1) is 22.2. The molecule has 26 heavy (non-hydrogen) atoms. The standard InChI is InChI=1S/C19H36N4O2.HI/c1-20-18(21-15-17-7-3-6-12-25-17)22-16-19(8-4-2-5-9-19)23-10-13-24-14-11-23;/h17H,2-16H2,1H3,(H2,20,21,22);1H. The van der Waals surface area contributed by atoms with Crippen LogP contribution in [0.5, 0.6) is 0 Å². The summed E-state index contributed by atoms with van der Waals surface area (Å²) in [4.78, 5) is 7.10. The maximum absolute atomic E-state index is 5.81. The topological polar surface area (TPSA) is 58.1 Å². The second kappa shape index (κ2) is 11.7. The first-order valence-corrected chi connectivity index (χ1v) is 10.2. The van der Waals surface area contributed by atoms with Gasteiger partial charge in [-0.25, -0.2) is 0 Å². The van der Waals surface area contributed by atoms with Gasteiger partial charge in [-0.2, -0.15) is 0 Å². The van der Waals surface area contributed by atoms with Gasteiger partial charge in [0.15, 0.2) is 5.96 Å². The average Bonchev–Trinajstić information content (AvgIpc) is 2.70. The highest BCUT2D eigenvalue weighted by molar-refractivity contribution is 14.0. The van der Waals surface area contributed by atoms with Crippen LogP contribution in [0, 0.1) is 0 Å². The van der Waals surface area contributed by atoms with Crippen LogP contribution in [0.4, 0.5) is 0 Å². The number of nitrogens with one attached hydrogen (secondary N) is 2. The summed E-state index contributed by atoms with van der Waals surface area (Å²) < 4.78 is 11.4. The van der Waals surface area contributed by atoms with Crippen molar-refractivity contribution in [1.82, 2.24) is 15.5 Å². The van der Waals surface area contributed by atoms with Gasteiger partial charge >= 0.3 is 0 Å². The summed E-state index contributed by atoms with van der Waals surface area (Å²) in [7, 11) is 1.86. The van der Waals surface area contributed by atoms with Crippen LogP contribution in [0.25, 0.3) is 0 Å². The molecule has 0 aromatic heterocycles. The fourth-order valence-electron chi connectivity index (χ4n) is 4.50. The highest BCUT2D eigenvalue weighted by Crippen LogP contribution is 2.33. The van der Waals surface area contributed by atoms with Gasteiger partial charge in [0.25, 0.3) is 0 Å². The summed E-state index contributed by atoms with van der Waals surface area (Å²) in [5.74, 6) is 0.910. The maximum atomic E-state index is 5.81. The molecule has 7 heteroatoms. The van der Waals surface area contributed by atoms with Crippen LogP contribution < -0.4 is 10.6 Å². The fraction of sp³-hybridized carbons (Fsp3) is 0.947. The third-order valence-electron chi connectivity index (χ3n) is 6.05. The first-order chi connectivity index (χ1) is 12.3. The zero-order valence-corrected chi connectivity index (χ0v) is 18.6. The van der Waals surface area contributed by atoms with E-state index < -0.39 is 0 Å². The summed E-state index contributed by atoms with van der Waals surface area (Å²) >= 11 is 0. The van der Waals surface area contributed by atoms with E-state index in [0.29, 0.717) is 6.10 Å². The Bertz CT molecular complexity index is 418. The number of ether oxygens (including phenoxy) is 2. The van der Waals surface area contributed by atoms with Gasteiger partial charge in [-0.3, -0.25) is 9.89 Å². The maximum Gasteiger partial charge on any atom is 0.191 e. The van der Waals surface area contributed by atoms with Gasteiger partial charge in [-0.05, 0) is 32.1 Å². The number of morpholine rings is 1. The smallest absolute Gasteiger partial charge is 0.191 e. The van der Waals surface area contributed by atoms with Gasteiger partial charge in [-0.1, -0.05) is 19.3 Å². The van der Waals surface area contributed by atoms with E-state index in [0.717, 1.165) is 58.4 Å². The number of hydrogen-bond donors (Lipinski definition) is 2.